The highest BCUT2D eigenvalue weighted by atomic mass is 35.5. The fraction of sp³-hybridized carbons (Fsp3) is 0.364. The Morgan fingerprint density at radius 2 is 1.81 bits per heavy atom. The van der Waals surface area contributed by atoms with E-state index in [1.165, 1.54) is 26.2 Å². The Morgan fingerprint density at radius 1 is 1.14 bits per heavy atom. The van der Waals surface area contributed by atoms with Crippen LogP contribution in [0.3, 0.4) is 0 Å². The van der Waals surface area contributed by atoms with Gasteiger partial charge in [0.2, 0.25) is 28.5 Å². The van der Waals surface area contributed by atoms with Crippen molar-refractivity contribution >= 4 is 50.1 Å². The molecule has 1 aromatic heterocycles. The van der Waals surface area contributed by atoms with Crippen LogP contribution in [0.25, 0.3) is 0 Å². The summed E-state index contributed by atoms with van der Waals surface area (Å²) >= 11 is 4.17. The summed E-state index contributed by atoms with van der Waals surface area (Å²) < 4.78 is 57.6. The van der Waals surface area contributed by atoms with Gasteiger partial charge < -0.3 is 29.8 Å². The molecule has 4 rings (SSSR count). The van der Waals surface area contributed by atoms with Crippen molar-refractivity contribution in [2.75, 3.05) is 31.5 Å². The summed E-state index contributed by atoms with van der Waals surface area (Å²) in [6, 6.07) is 7.99. The average molecular weight is 556 g/mol. The van der Waals surface area contributed by atoms with E-state index in [9.17, 15) is 18.1 Å². The summed E-state index contributed by atoms with van der Waals surface area (Å²) in [7, 11) is -1.40. The van der Waals surface area contributed by atoms with Crippen molar-refractivity contribution < 1.29 is 27.6 Å². The van der Waals surface area contributed by atoms with E-state index >= 15 is 0 Å². The number of sulfonamides is 1. The molecule has 11 nitrogen and oxygen atoms in total. The van der Waals surface area contributed by atoms with E-state index in [1.807, 2.05) is 39.0 Å². The van der Waals surface area contributed by atoms with Crippen molar-refractivity contribution in [1.82, 2.24) is 13.1 Å². The minimum atomic E-state index is -4.05. The number of ether oxygens (including phenoxy) is 2. The summed E-state index contributed by atoms with van der Waals surface area (Å²) in [6.07, 6.45) is 0. The fourth-order valence-corrected chi connectivity index (χ4v) is 5.78. The monoisotopic (exact) mass is 555 g/mol. The van der Waals surface area contributed by atoms with Gasteiger partial charge in [-0.3, -0.25) is 0 Å². The van der Waals surface area contributed by atoms with Gasteiger partial charge in [-0.1, -0.05) is 38.4 Å². The molecule has 14 heteroatoms. The standard InChI is InChI=1S/C22H26ClN5O6S2/c1-22(2,3)19(12-6-9-15-16(10-12)34-11-33-15)25-21-20(26-35(30)27-21)24-14-8-7-13(23)18(17(14)29)36(31,32)28(4)5/h6-10,19,29H,11H2,1-5H3,(H,24,26)(H,25,27)/t19-,35?/m0/s1. The number of halogens is 1. The molecule has 0 amide bonds. The fourth-order valence-electron chi connectivity index (χ4n) is 3.67. The molecule has 0 aliphatic carbocycles. The molecule has 0 saturated carbocycles. The van der Waals surface area contributed by atoms with Gasteiger partial charge in [0.25, 0.3) is 0 Å². The lowest BCUT2D eigenvalue weighted by molar-refractivity contribution is 0.174. The third-order valence-corrected chi connectivity index (χ3v) is 8.51. The topological polar surface area (TPSA) is 149 Å². The van der Waals surface area contributed by atoms with Crippen LogP contribution in [0.4, 0.5) is 17.3 Å². The van der Waals surface area contributed by atoms with Gasteiger partial charge >= 0.3 is 0 Å². The van der Waals surface area contributed by atoms with Gasteiger partial charge in [-0.15, -0.1) is 0 Å². The molecule has 0 bridgehead atoms. The predicted molar refractivity (Wildman–Crippen MR) is 136 cm³/mol. The van der Waals surface area contributed by atoms with Crippen LogP contribution in [0.1, 0.15) is 32.4 Å². The third-order valence-electron chi connectivity index (χ3n) is 5.52. The highest BCUT2D eigenvalue weighted by molar-refractivity contribution is 7.89. The van der Waals surface area contributed by atoms with Crippen LogP contribution >= 0.6 is 22.7 Å². The average Bonchev–Trinajstić information content (AvgIpc) is 3.38. The molecule has 1 aliphatic rings. The molecule has 36 heavy (non-hydrogen) atoms. The van der Waals surface area contributed by atoms with Gasteiger partial charge in [-0.25, -0.2) is 12.7 Å². The summed E-state index contributed by atoms with van der Waals surface area (Å²) in [5.74, 6) is 0.912. The number of hydrogen-bond acceptors (Lipinski definition) is 10. The van der Waals surface area contributed by atoms with Crippen LogP contribution in [-0.4, -0.2) is 52.0 Å². The number of nitrogens with one attached hydrogen (secondary N) is 2. The lowest BCUT2D eigenvalue weighted by Crippen LogP contribution is -2.26. The van der Waals surface area contributed by atoms with E-state index in [1.54, 1.807) is 0 Å². The number of phenolic OH excluding ortho intramolecular Hbond substituents is 1. The Morgan fingerprint density at radius 3 is 2.47 bits per heavy atom. The maximum atomic E-state index is 12.7. The minimum absolute atomic E-state index is 0.00219. The molecule has 2 aromatic carbocycles. The zero-order chi connectivity index (χ0) is 26.4. The lowest BCUT2D eigenvalue weighted by Gasteiger charge is -2.32. The smallest absolute Gasteiger partial charge is 0.247 e. The van der Waals surface area contributed by atoms with E-state index in [0.29, 0.717) is 11.5 Å². The van der Waals surface area contributed by atoms with Gasteiger partial charge in [-0.05, 0) is 35.2 Å². The number of nitrogens with zero attached hydrogens (tertiary/aromatic N) is 3. The number of benzene rings is 2. The molecular weight excluding hydrogens is 530 g/mol. The second kappa shape index (κ2) is 9.56. The molecule has 0 saturated heterocycles. The Hall–Kier alpha value is -2.84. The number of fused-ring (bicyclic) bond motifs is 1. The van der Waals surface area contributed by atoms with Gasteiger partial charge in [0.1, 0.15) is 4.90 Å². The first kappa shape index (κ1) is 26.2. The Balaban J connectivity index is 1.70. The van der Waals surface area contributed by atoms with Crippen LogP contribution in [0.2, 0.25) is 5.02 Å². The molecule has 0 fully saturated rings. The summed E-state index contributed by atoms with van der Waals surface area (Å²) in [5.41, 5.74) is 0.545. The number of aromatic nitrogens is 2. The number of aromatic hydroxyl groups is 1. The van der Waals surface area contributed by atoms with E-state index < -0.39 is 31.8 Å². The van der Waals surface area contributed by atoms with Crippen molar-refractivity contribution in [1.29, 1.82) is 0 Å². The van der Waals surface area contributed by atoms with E-state index in [4.69, 9.17) is 21.1 Å². The van der Waals surface area contributed by atoms with E-state index in [0.717, 1.165) is 9.87 Å². The number of hydrogen-bond donors (Lipinski definition) is 3. The van der Waals surface area contributed by atoms with Gasteiger partial charge in [0, 0.05) is 22.8 Å². The van der Waals surface area contributed by atoms with Crippen molar-refractivity contribution in [2.24, 2.45) is 5.41 Å². The minimum Gasteiger partial charge on any atom is -0.546 e. The highest BCUT2D eigenvalue weighted by Gasteiger charge is 2.32. The molecule has 2 heterocycles. The largest absolute Gasteiger partial charge is 0.546 e. The van der Waals surface area contributed by atoms with Crippen LogP contribution in [0.5, 0.6) is 17.2 Å². The summed E-state index contributed by atoms with van der Waals surface area (Å²) in [4.78, 5) is -0.460. The SMILES string of the molecule is CN(C)S(=O)(=O)c1c(Cl)ccc(Nc2n[s+]([O-])nc2N[C@@H](c2ccc3c(c2)OCO3)C(C)(C)C)c1O. The number of rotatable bonds is 7. The van der Waals surface area contributed by atoms with Gasteiger partial charge in [0.05, 0.1) is 16.8 Å². The number of anilines is 3. The molecule has 3 N–H and O–H groups in total. The Kier molecular flexibility index (Phi) is 6.96. The summed E-state index contributed by atoms with van der Waals surface area (Å²) in [6.45, 7) is 6.22. The second-order valence-electron chi connectivity index (χ2n) is 9.35. The van der Waals surface area contributed by atoms with Gasteiger partial charge in [0.15, 0.2) is 28.4 Å². The maximum absolute atomic E-state index is 12.7. The Bertz CT molecular complexity index is 1400. The van der Waals surface area contributed by atoms with Crippen molar-refractivity contribution in [3.8, 4) is 17.2 Å². The highest BCUT2D eigenvalue weighted by Crippen LogP contribution is 2.43. The number of phenols is 1. The third kappa shape index (κ3) is 5.02. The van der Waals surface area contributed by atoms with E-state index in [-0.39, 0.29) is 40.6 Å². The van der Waals surface area contributed by atoms with Crippen molar-refractivity contribution in [3.05, 3.63) is 40.9 Å². The molecule has 0 radical (unpaired) electrons. The summed E-state index contributed by atoms with van der Waals surface area (Å²) in [5, 5.41) is 16.8. The predicted octanol–water partition coefficient (Wildman–Crippen LogP) is 4.49. The quantitative estimate of drug-likeness (QED) is 0.281. The first-order valence-corrected chi connectivity index (χ1v) is 13.6. The lowest BCUT2D eigenvalue weighted by atomic mass is 9.82. The molecule has 0 spiro atoms. The Labute approximate surface area is 217 Å². The molecule has 3 aromatic rings. The first-order chi connectivity index (χ1) is 16.8. The van der Waals surface area contributed by atoms with Crippen molar-refractivity contribution in [3.63, 3.8) is 0 Å². The molecule has 1 unspecified atom stereocenters. The molecular formula is C22H26ClN5O6S2. The normalized spacial score (nSPS) is 14.7. The maximum Gasteiger partial charge on any atom is 0.247 e. The van der Waals surface area contributed by atoms with Crippen LogP contribution in [0.15, 0.2) is 35.2 Å². The zero-order valence-corrected chi connectivity index (χ0v) is 22.6. The van der Waals surface area contributed by atoms with Gasteiger partial charge in [-0.2, -0.15) is 0 Å². The molecule has 2 atom stereocenters. The van der Waals surface area contributed by atoms with Crippen LogP contribution in [0, 0.1) is 5.41 Å². The molecule has 1 aliphatic heterocycles. The molecule has 194 valence electrons. The first-order valence-electron chi connectivity index (χ1n) is 10.8. The van der Waals surface area contributed by atoms with E-state index in [2.05, 4.69) is 19.4 Å². The van der Waals surface area contributed by atoms with Crippen LogP contribution < -0.4 is 20.1 Å². The van der Waals surface area contributed by atoms with Crippen LogP contribution in [-0.2, 0) is 10.0 Å². The second-order valence-corrected chi connectivity index (χ2v) is 12.7. The zero-order valence-electron chi connectivity index (χ0n) is 20.2. The van der Waals surface area contributed by atoms with Crippen molar-refractivity contribution in [2.45, 2.75) is 31.7 Å².